The van der Waals surface area contributed by atoms with Crippen LogP contribution in [0.5, 0.6) is 0 Å². The number of carbonyl (C=O) groups excluding carboxylic acids is 1. The molecule has 3 rings (SSSR count). The normalized spacial score (nSPS) is 15.8. The van der Waals surface area contributed by atoms with Crippen molar-refractivity contribution in [3.8, 4) is 0 Å². The summed E-state index contributed by atoms with van der Waals surface area (Å²) >= 11 is 0. The van der Waals surface area contributed by atoms with E-state index in [4.69, 9.17) is 4.55 Å². The van der Waals surface area contributed by atoms with Gasteiger partial charge in [-0.05, 0) is 36.8 Å². The van der Waals surface area contributed by atoms with E-state index < -0.39 is 10.1 Å². The molecule has 0 unspecified atom stereocenters. The number of nitrogens with zero attached hydrogens (tertiary/aromatic N) is 3. The van der Waals surface area contributed by atoms with Crippen molar-refractivity contribution in [1.82, 2.24) is 4.90 Å². The van der Waals surface area contributed by atoms with Gasteiger partial charge >= 0.3 is 29.6 Å². The van der Waals surface area contributed by atoms with Gasteiger partial charge in [-0.3, -0.25) is 9.35 Å². The van der Waals surface area contributed by atoms with E-state index >= 15 is 0 Å². The number of anilines is 1. The van der Waals surface area contributed by atoms with Gasteiger partial charge < -0.3 is 4.90 Å². The van der Waals surface area contributed by atoms with E-state index in [0.29, 0.717) is 17.0 Å². The molecular formula is C19H20N3NaO4S. The third-order valence-corrected chi connectivity index (χ3v) is 5.00. The predicted molar refractivity (Wildman–Crippen MR) is 111 cm³/mol. The first-order valence-corrected chi connectivity index (χ1v) is 9.59. The molecule has 1 aliphatic rings. The Balaban J connectivity index is 0.00000280. The number of carbonyl (C=O) groups is 1. The van der Waals surface area contributed by atoms with Crippen molar-refractivity contribution in [2.24, 2.45) is 5.10 Å². The number of amides is 1. The van der Waals surface area contributed by atoms with E-state index in [1.165, 1.54) is 29.3 Å². The second-order valence-electron chi connectivity index (χ2n) is 6.26. The number of hydrogen-bond acceptors (Lipinski definition) is 5. The van der Waals surface area contributed by atoms with E-state index in [9.17, 15) is 13.2 Å². The summed E-state index contributed by atoms with van der Waals surface area (Å²) in [5, 5.41) is 5.57. The molecule has 142 valence electrons. The van der Waals surface area contributed by atoms with E-state index in [1.807, 2.05) is 49.3 Å². The number of hydrazone groups is 1. The average Bonchev–Trinajstić information content (AvgIpc) is 2.91. The SMILES string of the molecule is CC1=NN(c2ccc(S(=O)(=O)O)cc2)C(=O)C1=C(c1ccccc1)N(C)C.[NaH]. The minimum atomic E-state index is -4.29. The van der Waals surface area contributed by atoms with Crippen LogP contribution < -0.4 is 5.01 Å². The van der Waals surface area contributed by atoms with Crippen molar-refractivity contribution >= 4 is 62.7 Å². The molecule has 9 heteroatoms. The zero-order valence-electron chi connectivity index (χ0n) is 15.1. The van der Waals surface area contributed by atoms with Crippen LogP contribution in [0, 0.1) is 0 Å². The van der Waals surface area contributed by atoms with Crippen molar-refractivity contribution in [2.75, 3.05) is 19.1 Å². The molecule has 1 aliphatic heterocycles. The van der Waals surface area contributed by atoms with Gasteiger partial charge in [0.1, 0.15) is 0 Å². The molecule has 0 radical (unpaired) electrons. The molecule has 7 nitrogen and oxygen atoms in total. The Morgan fingerprint density at radius 1 is 1.04 bits per heavy atom. The molecule has 1 amide bonds. The zero-order valence-corrected chi connectivity index (χ0v) is 15.9. The first-order chi connectivity index (χ1) is 12.7. The van der Waals surface area contributed by atoms with Gasteiger partial charge in [0.15, 0.2) is 0 Å². The quantitative estimate of drug-likeness (QED) is 0.474. The summed E-state index contributed by atoms with van der Waals surface area (Å²) in [7, 11) is -0.573. The number of benzene rings is 2. The molecule has 0 atom stereocenters. The van der Waals surface area contributed by atoms with Crippen LogP contribution in [0.25, 0.3) is 5.70 Å². The molecule has 2 aromatic rings. The van der Waals surface area contributed by atoms with Crippen LogP contribution >= 0.6 is 0 Å². The maximum atomic E-state index is 13.1. The molecule has 0 saturated heterocycles. The fourth-order valence-corrected chi connectivity index (χ4v) is 3.42. The van der Waals surface area contributed by atoms with Gasteiger partial charge in [-0.2, -0.15) is 18.5 Å². The molecule has 28 heavy (non-hydrogen) atoms. The third-order valence-electron chi connectivity index (χ3n) is 4.13. The Hall–Kier alpha value is -1.97. The summed E-state index contributed by atoms with van der Waals surface area (Å²) in [4.78, 5) is 14.7. The first-order valence-electron chi connectivity index (χ1n) is 8.15. The summed E-state index contributed by atoms with van der Waals surface area (Å²) in [6.07, 6.45) is 0. The Bertz CT molecular complexity index is 1050. The zero-order chi connectivity index (χ0) is 19.8. The summed E-state index contributed by atoms with van der Waals surface area (Å²) in [6, 6.07) is 14.9. The van der Waals surface area contributed by atoms with Crippen LogP contribution in [0.15, 0.2) is 70.2 Å². The summed E-state index contributed by atoms with van der Waals surface area (Å²) in [5.74, 6) is -0.306. The van der Waals surface area contributed by atoms with Crippen molar-refractivity contribution in [2.45, 2.75) is 11.8 Å². The summed E-state index contributed by atoms with van der Waals surface area (Å²) < 4.78 is 31.5. The molecule has 2 aromatic carbocycles. The molecular weight excluding hydrogens is 389 g/mol. The molecule has 1 N–H and O–H groups in total. The number of hydrogen-bond donors (Lipinski definition) is 1. The molecule has 1 heterocycles. The monoisotopic (exact) mass is 409 g/mol. The van der Waals surface area contributed by atoms with Gasteiger partial charge in [0, 0.05) is 14.1 Å². The van der Waals surface area contributed by atoms with Gasteiger partial charge in [0.25, 0.3) is 16.0 Å². The summed E-state index contributed by atoms with van der Waals surface area (Å²) in [6.45, 7) is 1.76. The van der Waals surface area contributed by atoms with Crippen LogP contribution in [0.4, 0.5) is 5.69 Å². The van der Waals surface area contributed by atoms with Crippen molar-refractivity contribution < 1.29 is 17.8 Å². The van der Waals surface area contributed by atoms with Crippen LogP contribution in [-0.2, 0) is 14.9 Å². The van der Waals surface area contributed by atoms with Crippen molar-refractivity contribution in [1.29, 1.82) is 0 Å². The Labute approximate surface area is 186 Å². The van der Waals surface area contributed by atoms with Crippen LogP contribution in [0.3, 0.4) is 0 Å². The van der Waals surface area contributed by atoms with E-state index in [1.54, 1.807) is 6.92 Å². The van der Waals surface area contributed by atoms with Gasteiger partial charge in [-0.1, -0.05) is 30.3 Å². The van der Waals surface area contributed by atoms with Gasteiger partial charge in [0.05, 0.1) is 27.6 Å². The van der Waals surface area contributed by atoms with Crippen LogP contribution in [0.2, 0.25) is 0 Å². The third kappa shape index (κ3) is 4.37. The minimum absolute atomic E-state index is 0. The van der Waals surface area contributed by atoms with Gasteiger partial charge in [-0.25, -0.2) is 0 Å². The maximum absolute atomic E-state index is 13.1. The average molecular weight is 409 g/mol. The second-order valence-corrected chi connectivity index (χ2v) is 7.68. The standard InChI is InChI=1S/C19H19N3O4S.Na.H/c1-13-17(18(21(2)3)14-7-5-4-6-8-14)19(23)22(20-13)15-9-11-16(12-10-15)27(24,25)26;;/h4-12H,1-3H3,(H,24,25,26);;. The molecule has 0 saturated carbocycles. The summed E-state index contributed by atoms with van der Waals surface area (Å²) in [5.41, 5.74) is 3.09. The molecule has 0 spiro atoms. The fourth-order valence-electron chi connectivity index (χ4n) is 2.94. The van der Waals surface area contributed by atoms with Crippen molar-refractivity contribution in [3.05, 3.63) is 65.7 Å². The Morgan fingerprint density at radius 2 is 1.61 bits per heavy atom. The van der Waals surface area contributed by atoms with Crippen LogP contribution in [-0.4, -0.2) is 73.1 Å². The second kappa shape index (κ2) is 8.59. The van der Waals surface area contributed by atoms with Crippen LogP contribution in [0.1, 0.15) is 12.5 Å². The predicted octanol–water partition coefficient (Wildman–Crippen LogP) is 1.98. The van der Waals surface area contributed by atoms with E-state index in [2.05, 4.69) is 5.10 Å². The molecule has 0 bridgehead atoms. The van der Waals surface area contributed by atoms with Gasteiger partial charge in [-0.15, -0.1) is 0 Å². The fraction of sp³-hybridized carbons (Fsp3) is 0.158. The topological polar surface area (TPSA) is 90.3 Å². The molecule has 0 fully saturated rings. The van der Waals surface area contributed by atoms with E-state index in [0.717, 1.165) is 11.3 Å². The van der Waals surface area contributed by atoms with Gasteiger partial charge in [0.2, 0.25) is 0 Å². The Kier molecular flexibility index (Phi) is 6.84. The molecule has 0 aliphatic carbocycles. The Morgan fingerprint density at radius 3 is 2.11 bits per heavy atom. The number of rotatable bonds is 4. The molecule has 0 aromatic heterocycles. The van der Waals surface area contributed by atoms with Crippen molar-refractivity contribution in [3.63, 3.8) is 0 Å². The first kappa shape index (κ1) is 22.3. The van der Waals surface area contributed by atoms with E-state index in [-0.39, 0.29) is 40.4 Å².